The monoisotopic (exact) mass is 354 g/mol. The Balaban J connectivity index is 1.56. The average Bonchev–Trinajstić information content (AvgIpc) is 3.22. The van der Waals surface area contributed by atoms with Crippen LogP contribution in [0, 0.1) is 0 Å². The Morgan fingerprint density at radius 2 is 1.96 bits per heavy atom. The normalized spacial score (nSPS) is 10.9. The van der Waals surface area contributed by atoms with Gasteiger partial charge in [0.05, 0.1) is 0 Å². The molecule has 0 saturated heterocycles. The summed E-state index contributed by atoms with van der Waals surface area (Å²) in [6, 6.07) is 11.8. The van der Waals surface area contributed by atoms with E-state index in [1.807, 2.05) is 36.4 Å². The van der Waals surface area contributed by atoms with Crippen molar-refractivity contribution < 1.29 is 9.32 Å². The van der Waals surface area contributed by atoms with Gasteiger partial charge in [0.15, 0.2) is 0 Å². The lowest BCUT2D eigenvalue weighted by molar-refractivity contribution is 0.0783. The summed E-state index contributed by atoms with van der Waals surface area (Å²) < 4.78 is 8.15. The summed E-state index contributed by atoms with van der Waals surface area (Å²) >= 11 is 0. The van der Waals surface area contributed by atoms with Crippen molar-refractivity contribution in [3.05, 3.63) is 64.5 Å². The molecule has 0 saturated carbocycles. The molecule has 0 bridgehead atoms. The fourth-order valence-corrected chi connectivity index (χ4v) is 2.83. The molecule has 136 valence electrons. The zero-order valence-corrected chi connectivity index (χ0v) is 15.2. The first-order chi connectivity index (χ1) is 12.5. The number of benzene rings is 1. The Hall–Kier alpha value is -3.09. The van der Waals surface area contributed by atoms with Gasteiger partial charge in [0, 0.05) is 51.9 Å². The summed E-state index contributed by atoms with van der Waals surface area (Å²) in [5.74, 6) is 0.615. The van der Waals surface area contributed by atoms with Gasteiger partial charge in [-0.2, -0.15) is 0 Å². The van der Waals surface area contributed by atoms with Gasteiger partial charge in [-0.25, -0.2) is 4.79 Å². The highest BCUT2D eigenvalue weighted by molar-refractivity contribution is 5.92. The summed E-state index contributed by atoms with van der Waals surface area (Å²) in [5.41, 5.74) is 1.99. The summed E-state index contributed by atoms with van der Waals surface area (Å²) in [6.07, 6.45) is 2.99. The fourth-order valence-electron chi connectivity index (χ4n) is 2.83. The minimum Gasteiger partial charge on any atom is -0.361 e. The van der Waals surface area contributed by atoms with E-state index < -0.39 is 0 Å². The number of aromatic nitrogens is 3. The molecule has 0 fully saturated rings. The van der Waals surface area contributed by atoms with Crippen LogP contribution in [0.2, 0.25) is 0 Å². The molecular weight excluding hydrogens is 332 g/mol. The van der Waals surface area contributed by atoms with Gasteiger partial charge in [-0.15, -0.1) is 0 Å². The number of nitrogens with zero attached hydrogens (tertiary/aromatic N) is 4. The molecule has 0 radical (unpaired) electrons. The third kappa shape index (κ3) is 3.61. The van der Waals surface area contributed by atoms with E-state index in [-0.39, 0.29) is 11.6 Å². The summed E-state index contributed by atoms with van der Waals surface area (Å²) in [6.45, 7) is 0.559. The second-order valence-electron chi connectivity index (χ2n) is 6.34. The summed E-state index contributed by atoms with van der Waals surface area (Å²) in [4.78, 5) is 25.9. The van der Waals surface area contributed by atoms with E-state index in [0.29, 0.717) is 18.7 Å². The first-order valence-electron chi connectivity index (χ1n) is 8.46. The molecule has 1 aromatic carbocycles. The van der Waals surface area contributed by atoms with Gasteiger partial charge in [-0.3, -0.25) is 9.36 Å². The number of imidazole rings is 1. The van der Waals surface area contributed by atoms with E-state index in [1.54, 1.807) is 32.2 Å². The summed E-state index contributed by atoms with van der Waals surface area (Å²) in [5, 5.41) is 4.09. The zero-order chi connectivity index (χ0) is 18.7. The Morgan fingerprint density at radius 3 is 2.62 bits per heavy atom. The molecule has 0 atom stereocenters. The molecule has 0 unspecified atom stereocenters. The van der Waals surface area contributed by atoms with E-state index in [9.17, 15) is 9.59 Å². The molecule has 0 spiro atoms. The molecule has 1 amide bonds. The van der Waals surface area contributed by atoms with Crippen LogP contribution in [-0.4, -0.2) is 38.7 Å². The van der Waals surface area contributed by atoms with Crippen LogP contribution in [0.3, 0.4) is 0 Å². The van der Waals surface area contributed by atoms with E-state index in [0.717, 1.165) is 23.4 Å². The van der Waals surface area contributed by atoms with Crippen molar-refractivity contribution in [3.8, 4) is 11.3 Å². The Morgan fingerprint density at radius 1 is 1.23 bits per heavy atom. The van der Waals surface area contributed by atoms with E-state index in [1.165, 1.54) is 9.13 Å². The lowest BCUT2D eigenvalue weighted by atomic mass is 10.1. The highest BCUT2D eigenvalue weighted by atomic mass is 16.5. The highest BCUT2D eigenvalue weighted by Crippen LogP contribution is 2.19. The molecule has 7 heteroatoms. The minimum absolute atomic E-state index is 0.173. The smallest absolute Gasteiger partial charge is 0.328 e. The molecule has 2 aromatic heterocycles. The van der Waals surface area contributed by atoms with Crippen molar-refractivity contribution >= 4 is 5.91 Å². The maximum atomic E-state index is 12.5. The third-order valence-electron chi connectivity index (χ3n) is 4.38. The molecule has 3 aromatic rings. The fraction of sp³-hybridized carbons (Fsp3) is 0.316. The molecule has 0 N–H and O–H groups in total. The molecule has 3 rings (SSSR count). The van der Waals surface area contributed by atoms with Gasteiger partial charge in [-0.05, 0) is 6.42 Å². The standard InChI is InChI=1S/C19H22N4O3/c1-21(18(24)17-13-22(2)19(25)23(17)3)11-7-10-15-12-16(20-26-15)14-8-5-4-6-9-14/h4-6,8-9,12-13H,7,10-11H2,1-3H3. The van der Waals surface area contributed by atoms with E-state index in [4.69, 9.17) is 4.52 Å². The van der Waals surface area contributed by atoms with Crippen LogP contribution < -0.4 is 5.69 Å². The van der Waals surface area contributed by atoms with Gasteiger partial charge in [0.25, 0.3) is 5.91 Å². The maximum absolute atomic E-state index is 12.5. The number of aryl methyl sites for hydroxylation is 2. The number of hydrogen-bond donors (Lipinski definition) is 0. The molecular formula is C19H22N4O3. The first-order valence-corrected chi connectivity index (χ1v) is 8.46. The van der Waals surface area contributed by atoms with E-state index >= 15 is 0 Å². The largest absolute Gasteiger partial charge is 0.361 e. The maximum Gasteiger partial charge on any atom is 0.328 e. The van der Waals surface area contributed by atoms with Crippen molar-refractivity contribution in [2.45, 2.75) is 12.8 Å². The number of amides is 1. The van der Waals surface area contributed by atoms with Crippen LogP contribution in [0.15, 0.2) is 51.9 Å². The first kappa shape index (κ1) is 17.7. The second kappa shape index (κ2) is 7.43. The number of rotatable bonds is 6. The molecule has 0 aliphatic heterocycles. The number of carbonyl (C=O) groups excluding carboxylic acids is 1. The van der Waals surface area contributed by atoms with Crippen LogP contribution in [0.4, 0.5) is 0 Å². The van der Waals surface area contributed by atoms with Crippen molar-refractivity contribution in [2.75, 3.05) is 13.6 Å². The Labute approximate surface area is 151 Å². The lowest BCUT2D eigenvalue weighted by Gasteiger charge is -2.16. The quantitative estimate of drug-likeness (QED) is 0.679. The predicted molar refractivity (Wildman–Crippen MR) is 97.9 cm³/mol. The highest BCUT2D eigenvalue weighted by Gasteiger charge is 2.17. The van der Waals surface area contributed by atoms with Crippen LogP contribution in [0.25, 0.3) is 11.3 Å². The SMILES string of the molecule is CN(CCCc1cc(-c2ccccc2)no1)C(=O)c1cn(C)c(=O)n1C. The Kier molecular flexibility index (Phi) is 5.06. The molecule has 26 heavy (non-hydrogen) atoms. The van der Waals surface area contributed by atoms with Crippen molar-refractivity contribution in [1.29, 1.82) is 0 Å². The van der Waals surface area contributed by atoms with Gasteiger partial charge >= 0.3 is 5.69 Å². The second-order valence-corrected chi connectivity index (χ2v) is 6.34. The minimum atomic E-state index is -0.211. The van der Waals surface area contributed by atoms with Gasteiger partial charge in [0.1, 0.15) is 17.1 Å². The van der Waals surface area contributed by atoms with Crippen LogP contribution in [-0.2, 0) is 20.5 Å². The number of carbonyl (C=O) groups is 1. The van der Waals surface area contributed by atoms with Crippen molar-refractivity contribution in [2.24, 2.45) is 14.1 Å². The predicted octanol–water partition coefficient (Wildman–Crippen LogP) is 2.08. The Bertz CT molecular complexity index is 953. The topological polar surface area (TPSA) is 73.3 Å². The molecule has 0 aliphatic carbocycles. The van der Waals surface area contributed by atoms with Gasteiger partial charge in [-0.1, -0.05) is 35.5 Å². The average molecular weight is 354 g/mol. The van der Waals surface area contributed by atoms with Crippen LogP contribution in [0.5, 0.6) is 0 Å². The lowest BCUT2D eigenvalue weighted by Crippen LogP contribution is -2.31. The summed E-state index contributed by atoms with van der Waals surface area (Å²) in [7, 11) is 4.96. The van der Waals surface area contributed by atoms with Gasteiger partial charge in [0.2, 0.25) is 0 Å². The zero-order valence-electron chi connectivity index (χ0n) is 15.2. The molecule has 0 aliphatic rings. The molecule has 7 nitrogen and oxygen atoms in total. The van der Waals surface area contributed by atoms with Crippen LogP contribution in [0.1, 0.15) is 22.7 Å². The molecule has 2 heterocycles. The number of hydrogen-bond acceptors (Lipinski definition) is 4. The van der Waals surface area contributed by atoms with Crippen molar-refractivity contribution in [3.63, 3.8) is 0 Å². The third-order valence-corrected chi connectivity index (χ3v) is 4.38. The van der Waals surface area contributed by atoms with E-state index in [2.05, 4.69) is 5.16 Å². The van der Waals surface area contributed by atoms with Crippen LogP contribution >= 0.6 is 0 Å². The van der Waals surface area contributed by atoms with Crippen molar-refractivity contribution in [1.82, 2.24) is 19.2 Å². The van der Waals surface area contributed by atoms with Gasteiger partial charge < -0.3 is 14.0 Å².